The van der Waals surface area contributed by atoms with Gasteiger partial charge in [0.05, 0.1) is 5.52 Å². The van der Waals surface area contributed by atoms with E-state index in [1.807, 2.05) is 11.3 Å². The largest absolute Gasteiger partial charge is 0.355 e. The number of hydrogen-bond acceptors (Lipinski definition) is 2. The minimum absolute atomic E-state index is 0.0610. The Morgan fingerprint density at radius 1 is 0.543 bits per heavy atom. The van der Waals surface area contributed by atoms with Crippen molar-refractivity contribution in [3.8, 4) is 39.1 Å². The molecule has 0 radical (unpaired) electrons. The van der Waals surface area contributed by atoms with Crippen LogP contribution in [-0.4, -0.2) is 11.8 Å². The Balaban J connectivity index is 1.18. The number of benzene rings is 8. The van der Waals surface area contributed by atoms with E-state index in [1.54, 1.807) is 0 Å². The normalized spacial score (nSPS) is 17.2. The first-order valence-electron chi connectivity index (χ1n) is 25.8. The second kappa shape index (κ2) is 13.7. The lowest BCUT2D eigenvalue weighted by Gasteiger charge is -2.42. The Labute approximate surface area is 418 Å². The lowest BCUT2D eigenvalue weighted by molar-refractivity contribution is 0.332. The van der Waals surface area contributed by atoms with E-state index in [4.69, 9.17) is 0 Å². The van der Waals surface area contributed by atoms with Crippen LogP contribution in [0.5, 0.6) is 0 Å². The van der Waals surface area contributed by atoms with Crippen LogP contribution >= 0.6 is 11.3 Å². The van der Waals surface area contributed by atoms with Crippen LogP contribution in [0, 0.1) is 0 Å². The summed E-state index contributed by atoms with van der Waals surface area (Å²) < 4.78 is 5.47. The van der Waals surface area contributed by atoms with Crippen LogP contribution < -0.4 is 16.2 Å². The van der Waals surface area contributed by atoms with Crippen molar-refractivity contribution in [1.29, 1.82) is 0 Å². The molecule has 3 heterocycles. The molecule has 0 saturated heterocycles. The third kappa shape index (κ3) is 5.58. The van der Waals surface area contributed by atoms with Gasteiger partial charge in [-0.2, -0.15) is 0 Å². The molecule has 0 bridgehead atoms. The summed E-state index contributed by atoms with van der Waals surface area (Å²) in [6, 6.07) is 52.4. The standard InChI is InChI=1S/C66H61BN2S/c1-62(2,3)36-24-26-37(27-25-36)68-51-33-47-41(38-18-12-15-21-45(38)65(47,8)9)30-43(51)58-59-56(40-20-13-16-22-46(40)66(59,10)11)57-44-31-48-49(64(6,7)29-28-63(48,4)5)34-52(44)69-53-32-42-39-19-14-17-23-54(39)70-55(42)35-50(53)67-60(58)61(57)69/h12-27,30-35,67-68H,28-29H2,1-11H3. The molecule has 344 valence electrons. The van der Waals surface area contributed by atoms with E-state index in [2.05, 4.69) is 220 Å². The number of hydrogen-bond donors (Lipinski definition) is 1. The maximum atomic E-state index is 4.15. The van der Waals surface area contributed by atoms with E-state index in [-0.39, 0.29) is 27.1 Å². The predicted octanol–water partition coefficient (Wildman–Crippen LogP) is 16.5. The Bertz CT molecular complexity index is 3970. The number of anilines is 2. The molecule has 14 rings (SSSR count). The summed E-state index contributed by atoms with van der Waals surface area (Å²) in [5.74, 6) is 0. The third-order valence-electron chi connectivity index (χ3n) is 18.0. The highest BCUT2D eigenvalue weighted by atomic mass is 32.1. The lowest BCUT2D eigenvalue weighted by atomic mass is 9.57. The molecule has 0 unspecified atom stereocenters. The molecule has 0 atom stereocenters. The summed E-state index contributed by atoms with van der Waals surface area (Å²) in [5, 5.41) is 9.67. The molecule has 10 aromatic rings. The van der Waals surface area contributed by atoms with Crippen molar-refractivity contribution in [2.24, 2.45) is 0 Å². The first kappa shape index (κ1) is 42.5. The molecule has 0 spiro atoms. The van der Waals surface area contributed by atoms with E-state index < -0.39 is 0 Å². The highest BCUT2D eigenvalue weighted by Gasteiger charge is 2.45. The molecule has 0 saturated carbocycles. The summed E-state index contributed by atoms with van der Waals surface area (Å²) in [7, 11) is 0.844. The molecule has 8 aromatic carbocycles. The van der Waals surface area contributed by atoms with Gasteiger partial charge in [0.1, 0.15) is 0 Å². The number of aromatic nitrogens is 1. The first-order chi connectivity index (χ1) is 33.3. The molecule has 4 heteroatoms. The van der Waals surface area contributed by atoms with Crippen LogP contribution in [0.3, 0.4) is 0 Å². The van der Waals surface area contributed by atoms with Crippen LogP contribution in [-0.2, 0) is 27.1 Å². The van der Waals surface area contributed by atoms with Crippen molar-refractivity contribution in [2.75, 3.05) is 5.32 Å². The molecule has 70 heavy (non-hydrogen) atoms. The molecule has 1 N–H and O–H groups in total. The molecule has 2 aromatic heterocycles. The van der Waals surface area contributed by atoms with Gasteiger partial charge in [-0.1, -0.05) is 160 Å². The highest BCUT2D eigenvalue weighted by molar-refractivity contribution is 7.26. The Morgan fingerprint density at radius 3 is 1.93 bits per heavy atom. The molecule has 3 aliphatic carbocycles. The van der Waals surface area contributed by atoms with Gasteiger partial charge in [-0.25, -0.2) is 0 Å². The van der Waals surface area contributed by atoms with E-state index in [9.17, 15) is 0 Å². The van der Waals surface area contributed by atoms with Gasteiger partial charge in [-0.05, 0) is 156 Å². The molecule has 1 aliphatic heterocycles. The highest BCUT2D eigenvalue weighted by Crippen LogP contribution is 2.60. The topological polar surface area (TPSA) is 17.0 Å². The zero-order valence-corrected chi connectivity index (χ0v) is 43.5. The first-order valence-corrected chi connectivity index (χ1v) is 26.6. The number of thiophene rings is 1. The van der Waals surface area contributed by atoms with Gasteiger partial charge in [0.2, 0.25) is 0 Å². The summed E-state index contributed by atoms with van der Waals surface area (Å²) in [6.45, 7) is 26.7. The molecular weight excluding hydrogens is 864 g/mol. The fourth-order valence-corrected chi connectivity index (χ4v) is 15.2. The van der Waals surface area contributed by atoms with Gasteiger partial charge in [-0.3, -0.25) is 0 Å². The Hall–Kier alpha value is -6.36. The monoisotopic (exact) mass is 924 g/mol. The molecular formula is C66H61BN2S. The summed E-state index contributed by atoms with van der Waals surface area (Å²) >= 11 is 1.94. The van der Waals surface area contributed by atoms with Crippen LogP contribution in [0.2, 0.25) is 0 Å². The zero-order valence-electron chi connectivity index (χ0n) is 42.7. The van der Waals surface area contributed by atoms with Crippen LogP contribution in [0.25, 0.3) is 81.0 Å². The smallest absolute Gasteiger partial charge is 0.198 e. The molecule has 0 amide bonds. The van der Waals surface area contributed by atoms with Crippen molar-refractivity contribution in [1.82, 2.24) is 4.57 Å². The Kier molecular flexibility index (Phi) is 8.34. The number of fused-ring (bicyclic) bond motifs is 16. The second-order valence-electron chi connectivity index (χ2n) is 24.8. The van der Waals surface area contributed by atoms with Crippen molar-refractivity contribution in [3.05, 3.63) is 172 Å². The number of nitrogens with zero attached hydrogens (tertiary/aromatic N) is 1. The van der Waals surface area contributed by atoms with E-state index in [0.29, 0.717) is 0 Å². The van der Waals surface area contributed by atoms with Crippen LogP contribution in [0.1, 0.15) is 128 Å². The van der Waals surface area contributed by atoms with Gasteiger partial charge in [0, 0.05) is 69.9 Å². The predicted molar refractivity (Wildman–Crippen MR) is 304 cm³/mol. The summed E-state index contributed by atoms with van der Waals surface area (Å²) in [6.07, 6.45) is 2.36. The fourth-order valence-electron chi connectivity index (χ4n) is 14.0. The van der Waals surface area contributed by atoms with Gasteiger partial charge >= 0.3 is 0 Å². The molecule has 2 nitrogen and oxygen atoms in total. The van der Waals surface area contributed by atoms with Gasteiger partial charge in [-0.15, -0.1) is 11.3 Å². The molecule has 4 aliphatic rings. The van der Waals surface area contributed by atoms with Gasteiger partial charge < -0.3 is 9.88 Å². The van der Waals surface area contributed by atoms with Crippen molar-refractivity contribution >= 4 is 82.9 Å². The van der Waals surface area contributed by atoms with Crippen molar-refractivity contribution in [2.45, 2.75) is 116 Å². The zero-order chi connectivity index (χ0) is 48.2. The van der Waals surface area contributed by atoms with E-state index >= 15 is 0 Å². The Morgan fingerprint density at radius 2 is 1.20 bits per heavy atom. The van der Waals surface area contributed by atoms with E-state index in [0.717, 1.165) is 13.0 Å². The van der Waals surface area contributed by atoms with Crippen LogP contribution in [0.4, 0.5) is 11.4 Å². The third-order valence-corrected chi connectivity index (χ3v) is 19.1. The minimum Gasteiger partial charge on any atom is -0.355 e. The van der Waals surface area contributed by atoms with Crippen LogP contribution in [0.15, 0.2) is 133 Å². The maximum absolute atomic E-state index is 4.15. The minimum atomic E-state index is -0.284. The van der Waals surface area contributed by atoms with Gasteiger partial charge in [0.15, 0.2) is 7.28 Å². The SMILES string of the molecule is CC(C)(C)c1ccc(Nc2cc3c(cc2-c2c4c(c5c6cc7c(cc6n6c5c2Bc2cc5sc8ccccc8c5cc2-6)C(C)(C)CCC7(C)C)-c2ccccc2C4(C)C)-c2ccccc2C3(C)C)cc1. The lowest BCUT2D eigenvalue weighted by Crippen LogP contribution is -2.38. The van der Waals surface area contributed by atoms with E-state index in [1.165, 1.54) is 149 Å². The van der Waals surface area contributed by atoms with Crippen molar-refractivity contribution in [3.63, 3.8) is 0 Å². The summed E-state index contributed by atoms with van der Waals surface area (Å²) in [4.78, 5) is 0. The number of rotatable bonds is 3. The number of nitrogens with one attached hydrogen (secondary N) is 1. The van der Waals surface area contributed by atoms with Crippen molar-refractivity contribution < 1.29 is 0 Å². The quantitative estimate of drug-likeness (QED) is 0.175. The average molecular weight is 925 g/mol. The molecule has 0 fully saturated rings. The maximum Gasteiger partial charge on any atom is 0.198 e. The fraction of sp³-hybridized carbons (Fsp3) is 0.273. The summed E-state index contributed by atoms with van der Waals surface area (Å²) in [5.41, 5.74) is 27.1. The van der Waals surface area contributed by atoms with Gasteiger partial charge in [0.25, 0.3) is 0 Å². The average Bonchev–Trinajstić information content (AvgIpc) is 4.00. The second-order valence-corrected chi connectivity index (χ2v) is 25.9.